The third-order valence-corrected chi connectivity index (χ3v) is 4.69. The van der Waals surface area contributed by atoms with Crippen molar-refractivity contribution in [2.45, 2.75) is 20.4 Å². The lowest BCUT2D eigenvalue weighted by molar-refractivity contribution is 0.0957. The number of carbonyl (C=O) groups is 1. The first-order valence-corrected chi connectivity index (χ1v) is 9.05. The summed E-state index contributed by atoms with van der Waals surface area (Å²) in [5.41, 5.74) is 4.93. The molecule has 0 aliphatic heterocycles. The zero-order chi connectivity index (χ0) is 18.2. The van der Waals surface area contributed by atoms with Gasteiger partial charge >= 0.3 is 0 Å². The highest BCUT2D eigenvalue weighted by Crippen LogP contribution is 2.11. The van der Waals surface area contributed by atoms with Gasteiger partial charge in [0.2, 0.25) is 0 Å². The van der Waals surface area contributed by atoms with Crippen LogP contribution in [-0.4, -0.2) is 48.9 Å². The van der Waals surface area contributed by atoms with Crippen molar-refractivity contribution in [2.75, 3.05) is 27.2 Å². The van der Waals surface area contributed by atoms with Gasteiger partial charge in [0.1, 0.15) is 4.88 Å². The highest BCUT2D eigenvalue weighted by molar-refractivity contribution is 7.11. The number of amides is 1. The van der Waals surface area contributed by atoms with E-state index in [0.717, 1.165) is 18.2 Å². The lowest BCUT2D eigenvalue weighted by atomic mass is 10.1. The van der Waals surface area contributed by atoms with E-state index in [9.17, 15) is 4.79 Å². The van der Waals surface area contributed by atoms with Crippen molar-refractivity contribution >= 4 is 23.2 Å². The monoisotopic (exact) mass is 359 g/mol. The standard InChI is InChI=1S/C18H25N5OS/c1-13-5-7-15(8-6-13)11-23(4)18(19-3)21-10-9-20-17(24)16-14(2)22-12-25-16/h5-8,12H,9-11H2,1-4H3,(H,19,21)(H,20,24). The summed E-state index contributed by atoms with van der Waals surface area (Å²) in [5.74, 6) is 0.716. The summed E-state index contributed by atoms with van der Waals surface area (Å²) >= 11 is 1.36. The number of carbonyl (C=O) groups excluding carboxylic acids is 1. The highest BCUT2D eigenvalue weighted by Gasteiger charge is 2.11. The van der Waals surface area contributed by atoms with Crippen molar-refractivity contribution in [1.82, 2.24) is 20.5 Å². The Labute approximate surface area is 153 Å². The number of benzene rings is 1. The second kappa shape index (κ2) is 9.17. The SMILES string of the molecule is CN=C(NCCNC(=O)c1scnc1C)N(C)Cc1ccc(C)cc1. The van der Waals surface area contributed by atoms with E-state index in [2.05, 4.69) is 56.7 Å². The lowest BCUT2D eigenvalue weighted by Gasteiger charge is -2.22. The first-order valence-electron chi connectivity index (χ1n) is 8.17. The van der Waals surface area contributed by atoms with Crippen molar-refractivity contribution in [3.63, 3.8) is 0 Å². The minimum Gasteiger partial charge on any atom is -0.354 e. The van der Waals surface area contributed by atoms with Gasteiger partial charge in [-0.1, -0.05) is 29.8 Å². The average Bonchev–Trinajstić information content (AvgIpc) is 3.03. The molecule has 0 aliphatic rings. The Balaban J connectivity index is 1.77. The molecule has 25 heavy (non-hydrogen) atoms. The maximum absolute atomic E-state index is 12.0. The second-order valence-electron chi connectivity index (χ2n) is 5.84. The van der Waals surface area contributed by atoms with Crippen LogP contribution in [0.1, 0.15) is 26.5 Å². The normalized spacial score (nSPS) is 11.3. The Morgan fingerprint density at radius 2 is 1.88 bits per heavy atom. The summed E-state index contributed by atoms with van der Waals surface area (Å²) in [7, 11) is 3.75. The van der Waals surface area contributed by atoms with E-state index in [1.165, 1.54) is 22.5 Å². The largest absolute Gasteiger partial charge is 0.354 e. The number of thiazole rings is 1. The van der Waals surface area contributed by atoms with E-state index < -0.39 is 0 Å². The molecule has 2 rings (SSSR count). The maximum Gasteiger partial charge on any atom is 0.263 e. The molecule has 1 aromatic heterocycles. The molecule has 0 aliphatic carbocycles. The van der Waals surface area contributed by atoms with Crippen molar-refractivity contribution < 1.29 is 4.79 Å². The number of hydrogen-bond donors (Lipinski definition) is 2. The summed E-state index contributed by atoms with van der Waals surface area (Å²) in [6.07, 6.45) is 0. The number of guanidine groups is 1. The summed E-state index contributed by atoms with van der Waals surface area (Å²) in [6, 6.07) is 8.46. The first kappa shape index (κ1) is 18.9. The molecule has 7 heteroatoms. The predicted octanol–water partition coefficient (Wildman–Crippen LogP) is 2.20. The fourth-order valence-electron chi connectivity index (χ4n) is 2.38. The van der Waals surface area contributed by atoms with Crippen molar-refractivity contribution in [2.24, 2.45) is 4.99 Å². The zero-order valence-corrected chi connectivity index (χ0v) is 16.0. The van der Waals surface area contributed by atoms with E-state index in [4.69, 9.17) is 0 Å². The number of nitrogens with zero attached hydrogens (tertiary/aromatic N) is 3. The average molecular weight is 359 g/mol. The van der Waals surface area contributed by atoms with E-state index in [1.807, 2.05) is 14.0 Å². The topological polar surface area (TPSA) is 69.6 Å². The number of rotatable bonds is 6. The molecule has 0 bridgehead atoms. The van der Waals surface area contributed by atoms with Crippen molar-refractivity contribution in [3.8, 4) is 0 Å². The minimum atomic E-state index is -0.0789. The Hall–Kier alpha value is -2.41. The summed E-state index contributed by atoms with van der Waals surface area (Å²) in [5, 5.41) is 6.16. The van der Waals surface area contributed by atoms with Crippen LogP contribution in [0.3, 0.4) is 0 Å². The summed E-state index contributed by atoms with van der Waals surface area (Å²) < 4.78 is 0. The molecule has 6 nitrogen and oxygen atoms in total. The van der Waals surface area contributed by atoms with Gasteiger partial charge in [-0.25, -0.2) is 4.98 Å². The molecule has 1 heterocycles. The molecule has 134 valence electrons. The number of hydrogen-bond acceptors (Lipinski definition) is 4. The molecule has 0 atom stereocenters. The van der Waals surface area contributed by atoms with Gasteiger partial charge in [0, 0.05) is 33.7 Å². The van der Waals surface area contributed by atoms with Crippen LogP contribution in [0.2, 0.25) is 0 Å². The molecule has 0 radical (unpaired) electrons. The molecule has 0 saturated heterocycles. The predicted molar refractivity (Wildman–Crippen MR) is 103 cm³/mol. The van der Waals surface area contributed by atoms with Crippen LogP contribution in [-0.2, 0) is 6.54 Å². The van der Waals surface area contributed by atoms with Crippen LogP contribution in [0.25, 0.3) is 0 Å². The Morgan fingerprint density at radius 1 is 1.20 bits per heavy atom. The Bertz CT molecular complexity index is 723. The van der Waals surface area contributed by atoms with Gasteiger partial charge in [0.05, 0.1) is 11.2 Å². The number of aromatic nitrogens is 1. The molecule has 0 spiro atoms. The summed E-state index contributed by atoms with van der Waals surface area (Å²) in [4.78, 5) is 23.1. The van der Waals surface area contributed by atoms with Crippen LogP contribution in [0.15, 0.2) is 34.8 Å². The van der Waals surface area contributed by atoms with Crippen LogP contribution in [0, 0.1) is 13.8 Å². The number of aryl methyl sites for hydroxylation is 2. The van der Waals surface area contributed by atoms with Crippen LogP contribution < -0.4 is 10.6 Å². The molecule has 0 fully saturated rings. The third kappa shape index (κ3) is 5.56. The highest BCUT2D eigenvalue weighted by atomic mass is 32.1. The molecule has 1 amide bonds. The van der Waals surface area contributed by atoms with Crippen molar-refractivity contribution in [1.29, 1.82) is 0 Å². The van der Waals surface area contributed by atoms with Gasteiger partial charge in [-0.2, -0.15) is 0 Å². The molecule has 2 N–H and O–H groups in total. The zero-order valence-electron chi connectivity index (χ0n) is 15.2. The third-order valence-electron chi connectivity index (χ3n) is 3.76. The van der Waals surface area contributed by atoms with E-state index in [-0.39, 0.29) is 5.91 Å². The smallest absolute Gasteiger partial charge is 0.263 e. The van der Waals surface area contributed by atoms with Gasteiger partial charge in [-0.3, -0.25) is 9.79 Å². The van der Waals surface area contributed by atoms with E-state index in [1.54, 1.807) is 12.6 Å². The fraction of sp³-hybridized carbons (Fsp3) is 0.389. The quantitative estimate of drug-likeness (QED) is 0.471. The second-order valence-corrected chi connectivity index (χ2v) is 6.69. The molecule has 0 saturated carbocycles. The van der Waals surface area contributed by atoms with Gasteiger partial charge in [-0.15, -0.1) is 11.3 Å². The lowest BCUT2D eigenvalue weighted by Crippen LogP contribution is -2.42. The van der Waals surface area contributed by atoms with Crippen molar-refractivity contribution in [3.05, 3.63) is 51.5 Å². The Kier molecular flexibility index (Phi) is 6.94. The summed E-state index contributed by atoms with van der Waals surface area (Å²) in [6.45, 7) is 5.82. The van der Waals surface area contributed by atoms with Gasteiger partial charge in [-0.05, 0) is 19.4 Å². The van der Waals surface area contributed by atoms with Crippen LogP contribution in [0.4, 0.5) is 0 Å². The molecular formula is C18H25N5OS. The Morgan fingerprint density at radius 3 is 2.48 bits per heavy atom. The number of nitrogens with one attached hydrogen (secondary N) is 2. The van der Waals surface area contributed by atoms with E-state index >= 15 is 0 Å². The molecule has 1 aromatic carbocycles. The first-order chi connectivity index (χ1) is 12.0. The minimum absolute atomic E-state index is 0.0789. The molecular weight excluding hydrogens is 334 g/mol. The van der Waals surface area contributed by atoms with Gasteiger partial charge in [0.25, 0.3) is 5.91 Å². The van der Waals surface area contributed by atoms with Crippen LogP contribution >= 0.6 is 11.3 Å². The molecule has 0 unspecified atom stereocenters. The van der Waals surface area contributed by atoms with E-state index in [0.29, 0.717) is 18.0 Å². The van der Waals surface area contributed by atoms with Gasteiger partial charge in [0.15, 0.2) is 5.96 Å². The van der Waals surface area contributed by atoms with Crippen LogP contribution in [0.5, 0.6) is 0 Å². The van der Waals surface area contributed by atoms with Gasteiger partial charge < -0.3 is 15.5 Å². The number of aliphatic imine (C=N–C) groups is 1. The fourth-order valence-corrected chi connectivity index (χ4v) is 3.10. The maximum atomic E-state index is 12.0. The molecule has 2 aromatic rings.